The molecule has 0 unspecified atom stereocenters. The maximum absolute atomic E-state index is 12.0. The lowest BCUT2D eigenvalue weighted by Crippen LogP contribution is -2.54. The molecule has 1 heterocycles. The maximum Gasteiger partial charge on any atom is 0.326 e. The Hall–Kier alpha value is -1.39. The Morgan fingerprint density at radius 1 is 1.38 bits per heavy atom. The summed E-state index contributed by atoms with van der Waals surface area (Å²) < 4.78 is 24.7. The fourth-order valence-electron chi connectivity index (χ4n) is 2.21. The standard InChI is InChI=1S/C11H21N3O6S/c1-11(2,13-21(3,19)20)6-12-10(18)14-5-7(15)4-8(14)9(16)17/h7-8,13,15H,4-6H2,1-3H3,(H,12,18)(H,16,17)/t7-,8-/m1/s1. The third-order valence-electron chi connectivity index (χ3n) is 2.97. The van der Waals surface area contributed by atoms with E-state index in [4.69, 9.17) is 5.11 Å². The Morgan fingerprint density at radius 2 is 1.95 bits per heavy atom. The minimum absolute atomic E-state index is 0.0160. The van der Waals surface area contributed by atoms with Gasteiger partial charge < -0.3 is 20.4 Å². The van der Waals surface area contributed by atoms with Gasteiger partial charge in [0.05, 0.1) is 12.4 Å². The summed E-state index contributed by atoms with van der Waals surface area (Å²) in [7, 11) is -3.43. The van der Waals surface area contributed by atoms with Gasteiger partial charge in [-0.15, -0.1) is 0 Å². The van der Waals surface area contributed by atoms with Crippen LogP contribution in [0.4, 0.5) is 4.79 Å². The first-order valence-corrected chi connectivity index (χ1v) is 8.25. The molecule has 0 aromatic heterocycles. The van der Waals surface area contributed by atoms with Crippen LogP contribution in [0.3, 0.4) is 0 Å². The van der Waals surface area contributed by atoms with Crippen LogP contribution in [-0.2, 0) is 14.8 Å². The van der Waals surface area contributed by atoms with Gasteiger partial charge in [-0.25, -0.2) is 22.7 Å². The van der Waals surface area contributed by atoms with E-state index >= 15 is 0 Å². The molecule has 1 saturated heterocycles. The number of aliphatic carboxylic acids is 1. The molecule has 4 N–H and O–H groups in total. The molecule has 0 bridgehead atoms. The predicted molar refractivity (Wildman–Crippen MR) is 74.2 cm³/mol. The minimum Gasteiger partial charge on any atom is -0.480 e. The van der Waals surface area contributed by atoms with Gasteiger partial charge in [0.25, 0.3) is 0 Å². The van der Waals surface area contributed by atoms with E-state index in [1.807, 2.05) is 0 Å². The van der Waals surface area contributed by atoms with Crippen molar-refractivity contribution in [2.45, 2.75) is 38.0 Å². The topological polar surface area (TPSA) is 136 Å². The van der Waals surface area contributed by atoms with E-state index in [9.17, 15) is 23.1 Å². The van der Waals surface area contributed by atoms with Crippen molar-refractivity contribution in [2.24, 2.45) is 0 Å². The van der Waals surface area contributed by atoms with Crippen LogP contribution in [0.5, 0.6) is 0 Å². The van der Waals surface area contributed by atoms with E-state index in [2.05, 4.69) is 10.0 Å². The summed E-state index contributed by atoms with van der Waals surface area (Å²) in [6, 6.07) is -1.73. The number of hydrogen-bond acceptors (Lipinski definition) is 5. The van der Waals surface area contributed by atoms with Gasteiger partial charge in [-0.1, -0.05) is 0 Å². The predicted octanol–water partition coefficient (Wildman–Crippen LogP) is -1.46. The molecule has 0 aromatic carbocycles. The number of carbonyl (C=O) groups excluding carboxylic acids is 1. The second-order valence-corrected chi connectivity index (χ2v) is 7.56. The Bertz CT molecular complexity index is 518. The highest BCUT2D eigenvalue weighted by molar-refractivity contribution is 7.88. The van der Waals surface area contributed by atoms with Gasteiger partial charge in [-0.2, -0.15) is 0 Å². The van der Waals surface area contributed by atoms with Crippen LogP contribution in [-0.4, -0.2) is 72.6 Å². The number of β-amino-alcohol motifs (C(OH)–C–C–N with tert-alkyl or cyclic N) is 1. The van der Waals surface area contributed by atoms with Crippen molar-refractivity contribution in [2.75, 3.05) is 19.3 Å². The van der Waals surface area contributed by atoms with Gasteiger partial charge >= 0.3 is 12.0 Å². The third-order valence-corrected chi connectivity index (χ3v) is 3.89. The summed E-state index contributed by atoms with van der Waals surface area (Å²) in [5.74, 6) is -1.18. The summed E-state index contributed by atoms with van der Waals surface area (Å²) in [5, 5.41) is 21.0. The van der Waals surface area contributed by atoms with Crippen molar-refractivity contribution in [3.63, 3.8) is 0 Å². The maximum atomic E-state index is 12.0. The molecule has 0 radical (unpaired) electrons. The summed E-state index contributed by atoms with van der Waals surface area (Å²) >= 11 is 0. The Labute approximate surface area is 123 Å². The highest BCUT2D eigenvalue weighted by atomic mass is 32.2. The highest BCUT2D eigenvalue weighted by Gasteiger charge is 2.39. The molecule has 9 nitrogen and oxygen atoms in total. The van der Waals surface area contributed by atoms with Crippen molar-refractivity contribution >= 4 is 22.0 Å². The number of likely N-dealkylation sites (tertiary alicyclic amines) is 1. The molecule has 1 fully saturated rings. The van der Waals surface area contributed by atoms with Gasteiger partial charge in [0.15, 0.2) is 0 Å². The Balaban J connectivity index is 2.63. The molecule has 0 aromatic rings. The molecule has 122 valence electrons. The van der Waals surface area contributed by atoms with Gasteiger partial charge in [0.2, 0.25) is 10.0 Å². The lowest BCUT2D eigenvalue weighted by Gasteiger charge is -2.28. The van der Waals surface area contributed by atoms with Crippen LogP contribution in [0, 0.1) is 0 Å². The molecule has 2 amide bonds. The first-order chi connectivity index (χ1) is 9.41. The number of nitrogens with one attached hydrogen (secondary N) is 2. The van der Waals surface area contributed by atoms with E-state index in [1.165, 1.54) is 0 Å². The minimum atomic E-state index is -3.43. The fraction of sp³-hybridized carbons (Fsp3) is 0.818. The normalized spacial score (nSPS) is 23.1. The van der Waals surface area contributed by atoms with Crippen LogP contribution in [0.25, 0.3) is 0 Å². The molecule has 0 aliphatic carbocycles. The first-order valence-electron chi connectivity index (χ1n) is 6.35. The van der Waals surface area contributed by atoms with Crippen molar-refractivity contribution in [1.29, 1.82) is 0 Å². The van der Waals surface area contributed by atoms with Gasteiger partial charge in [0.1, 0.15) is 6.04 Å². The van der Waals surface area contributed by atoms with E-state index in [0.717, 1.165) is 11.2 Å². The molecule has 0 saturated carbocycles. The number of carboxylic acids is 1. The van der Waals surface area contributed by atoms with Gasteiger partial charge in [-0.3, -0.25) is 0 Å². The zero-order chi connectivity index (χ0) is 16.4. The summed E-state index contributed by atoms with van der Waals surface area (Å²) in [6.45, 7) is 3.09. The largest absolute Gasteiger partial charge is 0.480 e. The van der Waals surface area contributed by atoms with Crippen molar-refractivity contribution in [3.05, 3.63) is 0 Å². The number of aliphatic hydroxyl groups excluding tert-OH is 1. The van der Waals surface area contributed by atoms with Crippen molar-refractivity contribution in [1.82, 2.24) is 14.9 Å². The smallest absolute Gasteiger partial charge is 0.326 e. The number of sulfonamides is 1. The molecule has 21 heavy (non-hydrogen) atoms. The number of amides is 2. The number of nitrogens with zero attached hydrogens (tertiary/aromatic N) is 1. The number of hydrogen-bond donors (Lipinski definition) is 4. The van der Waals surface area contributed by atoms with Crippen molar-refractivity contribution in [3.8, 4) is 0 Å². The molecule has 0 spiro atoms. The van der Waals surface area contributed by atoms with E-state index in [1.54, 1.807) is 13.8 Å². The Morgan fingerprint density at radius 3 is 2.43 bits per heavy atom. The monoisotopic (exact) mass is 323 g/mol. The van der Waals surface area contributed by atoms with Gasteiger partial charge in [0, 0.05) is 25.0 Å². The highest BCUT2D eigenvalue weighted by Crippen LogP contribution is 2.18. The average molecular weight is 323 g/mol. The Kier molecular flexibility index (Phi) is 5.18. The fourth-order valence-corrected chi connectivity index (χ4v) is 3.28. The zero-order valence-electron chi connectivity index (χ0n) is 12.2. The molecular weight excluding hydrogens is 302 g/mol. The first kappa shape index (κ1) is 17.7. The molecular formula is C11H21N3O6S. The lowest BCUT2D eigenvalue weighted by atomic mass is 10.1. The van der Waals surface area contributed by atoms with E-state index in [-0.39, 0.29) is 19.5 Å². The summed E-state index contributed by atoms with van der Waals surface area (Å²) in [6.07, 6.45) is 0.112. The lowest BCUT2D eigenvalue weighted by molar-refractivity contribution is -0.141. The quantitative estimate of drug-likeness (QED) is 0.488. The second-order valence-electron chi connectivity index (χ2n) is 5.81. The summed E-state index contributed by atoms with van der Waals surface area (Å²) in [4.78, 5) is 24.0. The number of rotatable bonds is 5. The van der Waals surface area contributed by atoms with Crippen LogP contribution in [0.1, 0.15) is 20.3 Å². The van der Waals surface area contributed by atoms with Crippen LogP contribution in [0.2, 0.25) is 0 Å². The number of urea groups is 1. The summed E-state index contributed by atoms with van der Waals surface area (Å²) in [5.41, 5.74) is -0.916. The van der Waals surface area contributed by atoms with Crippen LogP contribution in [0.15, 0.2) is 0 Å². The molecule has 1 rings (SSSR count). The van der Waals surface area contributed by atoms with Crippen molar-refractivity contribution < 1.29 is 28.2 Å². The van der Waals surface area contributed by atoms with Crippen LogP contribution < -0.4 is 10.0 Å². The molecule has 1 aliphatic rings. The number of carboxylic acid groups (broad SMARTS) is 1. The average Bonchev–Trinajstić information content (AvgIpc) is 2.65. The number of carbonyl (C=O) groups is 2. The molecule has 10 heteroatoms. The molecule has 2 atom stereocenters. The number of aliphatic hydroxyl groups is 1. The zero-order valence-corrected chi connectivity index (χ0v) is 13.0. The second kappa shape index (κ2) is 6.16. The third kappa shape index (κ3) is 5.48. The van der Waals surface area contributed by atoms with Gasteiger partial charge in [-0.05, 0) is 13.8 Å². The SMILES string of the molecule is CC(C)(CNC(=O)N1C[C@H](O)C[C@@H]1C(=O)O)NS(C)(=O)=O. The van der Waals surface area contributed by atoms with E-state index < -0.39 is 39.7 Å². The van der Waals surface area contributed by atoms with E-state index in [0.29, 0.717) is 0 Å². The molecule has 1 aliphatic heterocycles. The van der Waals surface area contributed by atoms with Crippen LogP contribution >= 0.6 is 0 Å².